The molecule has 0 bridgehead atoms. The first-order valence-electron chi connectivity index (χ1n) is 7.18. The third kappa shape index (κ3) is 3.79. The fourth-order valence-electron chi connectivity index (χ4n) is 2.56. The Morgan fingerprint density at radius 2 is 1.57 bits per heavy atom. The van der Waals surface area contributed by atoms with Gasteiger partial charge in [0.1, 0.15) is 0 Å². The molecule has 0 aliphatic rings. The number of pyridine rings is 1. The summed E-state index contributed by atoms with van der Waals surface area (Å²) in [5, 5.41) is 0. The van der Waals surface area contributed by atoms with E-state index in [1.54, 1.807) is 0 Å². The van der Waals surface area contributed by atoms with Crippen molar-refractivity contribution < 1.29 is 0 Å². The van der Waals surface area contributed by atoms with Crippen LogP contribution in [-0.4, -0.2) is 4.98 Å². The van der Waals surface area contributed by atoms with Crippen LogP contribution in [0.25, 0.3) is 6.08 Å². The molecule has 0 amide bonds. The lowest BCUT2D eigenvalue weighted by molar-refractivity contribution is 0.553. The lowest BCUT2D eigenvalue weighted by Gasteiger charge is -2.29. The normalized spacial score (nSPS) is 11.4. The third-order valence-electron chi connectivity index (χ3n) is 3.63. The summed E-state index contributed by atoms with van der Waals surface area (Å²) in [7, 11) is 0. The minimum absolute atomic E-state index is 0.109. The maximum Gasteiger partial charge on any atom is 0.0626 e. The Labute approximate surface area is 127 Å². The molecule has 0 aliphatic heterocycles. The van der Waals surface area contributed by atoms with Gasteiger partial charge in [0.2, 0.25) is 0 Å². The van der Waals surface area contributed by atoms with Gasteiger partial charge in [0.25, 0.3) is 0 Å². The topological polar surface area (TPSA) is 12.9 Å². The highest BCUT2D eigenvalue weighted by atomic mass is 14.6. The fraction of sp³-hybridized carbons (Fsp3) is 0.150. The van der Waals surface area contributed by atoms with Gasteiger partial charge >= 0.3 is 0 Å². The highest BCUT2D eigenvalue weighted by molar-refractivity contribution is 5.49. The summed E-state index contributed by atoms with van der Waals surface area (Å²) >= 11 is 0. The molecule has 2 aromatic rings. The van der Waals surface area contributed by atoms with Gasteiger partial charge in [-0.3, -0.25) is 4.98 Å². The Bertz CT molecular complexity index is 586. The summed E-state index contributed by atoms with van der Waals surface area (Å²) in [5.41, 5.74) is 2.13. The van der Waals surface area contributed by atoms with Gasteiger partial charge < -0.3 is 0 Å². The van der Waals surface area contributed by atoms with Crippen LogP contribution in [0.3, 0.4) is 0 Å². The second kappa shape index (κ2) is 7.39. The molecule has 1 heteroatoms. The van der Waals surface area contributed by atoms with Crippen molar-refractivity contribution in [2.75, 3.05) is 0 Å². The molecular weight excluding hydrogens is 254 g/mol. The molecule has 0 aliphatic carbocycles. The highest BCUT2D eigenvalue weighted by Gasteiger charge is 2.26. The largest absolute Gasteiger partial charge is 0.257 e. The maximum absolute atomic E-state index is 4.36. The number of nitrogens with zero attached hydrogens (tertiary/aromatic N) is 1. The molecule has 2 rings (SSSR count). The zero-order chi connectivity index (χ0) is 15.0. The summed E-state index contributed by atoms with van der Waals surface area (Å²) in [6.07, 6.45) is 11.8. The van der Waals surface area contributed by atoms with E-state index in [1.165, 1.54) is 5.56 Å². The Kier molecular flexibility index (Phi) is 5.28. The van der Waals surface area contributed by atoms with E-state index < -0.39 is 0 Å². The second-order valence-corrected chi connectivity index (χ2v) is 5.10. The molecule has 0 saturated heterocycles. The first-order chi connectivity index (χ1) is 10.3. The molecule has 1 heterocycles. The summed E-state index contributed by atoms with van der Waals surface area (Å²) in [6.45, 7) is 7.85. The van der Waals surface area contributed by atoms with Crippen LogP contribution in [0.5, 0.6) is 0 Å². The number of hydrogen-bond donors (Lipinski definition) is 0. The number of aromatic nitrogens is 1. The third-order valence-corrected chi connectivity index (χ3v) is 3.63. The SMILES string of the molecule is C=CCC(/C=C/c1ccccn1)(CC=C)c1ccccc1. The van der Waals surface area contributed by atoms with Crippen molar-refractivity contribution in [1.29, 1.82) is 0 Å². The van der Waals surface area contributed by atoms with Crippen molar-refractivity contribution in [2.45, 2.75) is 18.3 Å². The molecule has 0 unspecified atom stereocenters. The molecule has 0 radical (unpaired) electrons. The minimum Gasteiger partial charge on any atom is -0.257 e. The average molecular weight is 275 g/mol. The number of benzene rings is 1. The zero-order valence-corrected chi connectivity index (χ0v) is 12.3. The van der Waals surface area contributed by atoms with Crippen LogP contribution in [0.1, 0.15) is 24.1 Å². The number of allylic oxidation sites excluding steroid dienone is 3. The van der Waals surface area contributed by atoms with Gasteiger partial charge in [-0.05, 0) is 36.6 Å². The van der Waals surface area contributed by atoms with Gasteiger partial charge in [-0.25, -0.2) is 0 Å². The van der Waals surface area contributed by atoms with Crippen molar-refractivity contribution in [3.05, 3.63) is 97.4 Å². The van der Waals surface area contributed by atoms with Crippen LogP contribution in [0.4, 0.5) is 0 Å². The van der Waals surface area contributed by atoms with E-state index in [2.05, 4.69) is 54.6 Å². The van der Waals surface area contributed by atoms with Crippen LogP contribution in [0.2, 0.25) is 0 Å². The van der Waals surface area contributed by atoms with Crippen molar-refractivity contribution in [2.24, 2.45) is 0 Å². The predicted octanol–water partition coefficient (Wildman–Crippen LogP) is 5.19. The highest BCUT2D eigenvalue weighted by Crippen LogP contribution is 2.34. The number of rotatable bonds is 7. The first-order valence-corrected chi connectivity index (χ1v) is 7.18. The Balaban J connectivity index is 2.42. The maximum atomic E-state index is 4.36. The first kappa shape index (κ1) is 15.0. The number of hydrogen-bond acceptors (Lipinski definition) is 1. The molecule has 21 heavy (non-hydrogen) atoms. The fourth-order valence-corrected chi connectivity index (χ4v) is 2.56. The Hall–Kier alpha value is -2.41. The van der Waals surface area contributed by atoms with Gasteiger partial charge in [-0.15, -0.1) is 13.2 Å². The van der Waals surface area contributed by atoms with Crippen LogP contribution < -0.4 is 0 Å². The lowest BCUT2D eigenvalue weighted by atomic mass is 9.74. The van der Waals surface area contributed by atoms with E-state index in [0.717, 1.165) is 18.5 Å². The van der Waals surface area contributed by atoms with Crippen LogP contribution in [0.15, 0.2) is 86.1 Å². The van der Waals surface area contributed by atoms with Crippen molar-refractivity contribution in [3.8, 4) is 0 Å². The van der Waals surface area contributed by atoms with Crippen LogP contribution in [0, 0.1) is 0 Å². The summed E-state index contributed by atoms with van der Waals surface area (Å²) in [5.74, 6) is 0. The smallest absolute Gasteiger partial charge is 0.0626 e. The van der Waals surface area contributed by atoms with E-state index in [4.69, 9.17) is 0 Å². The lowest BCUT2D eigenvalue weighted by Crippen LogP contribution is -2.22. The Morgan fingerprint density at radius 3 is 2.14 bits per heavy atom. The molecule has 0 saturated carbocycles. The monoisotopic (exact) mass is 275 g/mol. The molecule has 0 atom stereocenters. The molecule has 0 spiro atoms. The summed E-state index contributed by atoms with van der Waals surface area (Å²) in [4.78, 5) is 4.36. The Morgan fingerprint density at radius 1 is 0.905 bits per heavy atom. The molecule has 106 valence electrons. The molecule has 1 aromatic heterocycles. The predicted molar refractivity (Wildman–Crippen MR) is 91.0 cm³/mol. The minimum atomic E-state index is -0.109. The quantitative estimate of drug-likeness (QED) is 0.634. The van der Waals surface area contributed by atoms with Gasteiger partial charge in [0.15, 0.2) is 0 Å². The van der Waals surface area contributed by atoms with Crippen LogP contribution >= 0.6 is 0 Å². The second-order valence-electron chi connectivity index (χ2n) is 5.10. The molecule has 1 aromatic carbocycles. The van der Waals surface area contributed by atoms with Crippen molar-refractivity contribution >= 4 is 6.08 Å². The molecule has 0 fully saturated rings. The molecule has 1 nitrogen and oxygen atoms in total. The molecular formula is C20H21N. The average Bonchev–Trinajstić information content (AvgIpc) is 2.55. The van der Waals surface area contributed by atoms with E-state index in [1.807, 2.05) is 42.6 Å². The van der Waals surface area contributed by atoms with Gasteiger partial charge in [-0.2, -0.15) is 0 Å². The van der Waals surface area contributed by atoms with Gasteiger partial charge in [0.05, 0.1) is 5.69 Å². The van der Waals surface area contributed by atoms with E-state index in [0.29, 0.717) is 0 Å². The van der Waals surface area contributed by atoms with Gasteiger partial charge in [0, 0.05) is 11.6 Å². The standard InChI is InChI=1S/C20H21N/c1-3-14-20(15-4-2,18-10-6-5-7-11-18)16-13-19-12-8-9-17-21-19/h3-13,16-17H,1-2,14-15H2/b16-13+. The zero-order valence-electron chi connectivity index (χ0n) is 12.3. The van der Waals surface area contributed by atoms with Crippen LogP contribution in [-0.2, 0) is 5.41 Å². The van der Waals surface area contributed by atoms with Crippen molar-refractivity contribution in [1.82, 2.24) is 4.98 Å². The molecule has 0 N–H and O–H groups in total. The van der Waals surface area contributed by atoms with E-state index >= 15 is 0 Å². The van der Waals surface area contributed by atoms with Crippen molar-refractivity contribution in [3.63, 3.8) is 0 Å². The van der Waals surface area contributed by atoms with E-state index in [-0.39, 0.29) is 5.41 Å². The van der Waals surface area contributed by atoms with E-state index in [9.17, 15) is 0 Å². The summed E-state index contributed by atoms with van der Waals surface area (Å²) in [6, 6.07) is 16.4. The summed E-state index contributed by atoms with van der Waals surface area (Å²) < 4.78 is 0. The van der Waals surface area contributed by atoms with Gasteiger partial charge in [-0.1, -0.05) is 54.6 Å².